The molecule has 0 saturated heterocycles. The normalized spacial score (nSPS) is 11.0. The molecule has 1 aromatic rings. The molecule has 0 aliphatic heterocycles. The maximum Gasteiger partial charge on any atom is 0.225 e. The minimum atomic E-state index is -0.420. The molecule has 0 spiro atoms. The standard InChI is InChI=1S/C15H21FN2O2/c1-15(2,3)14(20)17-10-4-5-13(19)18-12-8-6-11(16)7-9-12/h6-9H,4-5,10H2,1-3H3,(H,17,20)(H,18,19). The van der Waals surface area contributed by atoms with Crippen LogP contribution in [0.4, 0.5) is 10.1 Å². The molecule has 0 heterocycles. The summed E-state index contributed by atoms with van der Waals surface area (Å²) in [5.74, 6) is -0.522. The molecule has 1 rings (SSSR count). The third-order valence-corrected chi connectivity index (χ3v) is 2.68. The first kappa shape index (κ1) is 16.1. The van der Waals surface area contributed by atoms with Gasteiger partial charge in [0.05, 0.1) is 0 Å². The van der Waals surface area contributed by atoms with E-state index < -0.39 is 5.41 Å². The molecule has 0 aromatic heterocycles. The second kappa shape index (κ2) is 7.03. The zero-order valence-corrected chi connectivity index (χ0v) is 12.1. The topological polar surface area (TPSA) is 58.2 Å². The molecule has 0 aliphatic rings. The summed E-state index contributed by atoms with van der Waals surface area (Å²) in [5.41, 5.74) is 0.145. The number of hydrogen-bond donors (Lipinski definition) is 2. The number of halogens is 1. The number of amides is 2. The lowest BCUT2D eigenvalue weighted by Crippen LogP contribution is -2.35. The van der Waals surface area contributed by atoms with Crippen LogP contribution in [0.2, 0.25) is 0 Å². The van der Waals surface area contributed by atoms with Crippen LogP contribution in [0, 0.1) is 11.2 Å². The summed E-state index contributed by atoms with van der Waals surface area (Å²) < 4.78 is 12.7. The highest BCUT2D eigenvalue weighted by molar-refractivity contribution is 5.90. The second-order valence-corrected chi connectivity index (χ2v) is 5.66. The lowest BCUT2D eigenvalue weighted by atomic mass is 9.96. The first-order chi connectivity index (χ1) is 9.29. The molecule has 2 amide bonds. The van der Waals surface area contributed by atoms with Crippen LogP contribution in [0.3, 0.4) is 0 Å². The van der Waals surface area contributed by atoms with Crippen molar-refractivity contribution in [1.29, 1.82) is 0 Å². The Morgan fingerprint density at radius 3 is 2.30 bits per heavy atom. The number of carbonyl (C=O) groups excluding carboxylic acids is 2. The molecule has 0 bridgehead atoms. The summed E-state index contributed by atoms with van der Waals surface area (Å²) in [6.45, 7) is 5.98. The Morgan fingerprint density at radius 1 is 1.15 bits per heavy atom. The molecule has 4 nitrogen and oxygen atoms in total. The lowest BCUT2D eigenvalue weighted by molar-refractivity contribution is -0.128. The van der Waals surface area contributed by atoms with Crippen molar-refractivity contribution in [1.82, 2.24) is 5.32 Å². The van der Waals surface area contributed by atoms with Gasteiger partial charge in [-0.15, -0.1) is 0 Å². The van der Waals surface area contributed by atoms with E-state index >= 15 is 0 Å². The van der Waals surface area contributed by atoms with E-state index in [2.05, 4.69) is 10.6 Å². The summed E-state index contributed by atoms with van der Waals surface area (Å²) >= 11 is 0. The van der Waals surface area contributed by atoms with Crippen LogP contribution in [0.1, 0.15) is 33.6 Å². The van der Waals surface area contributed by atoms with Crippen molar-refractivity contribution in [2.45, 2.75) is 33.6 Å². The van der Waals surface area contributed by atoms with Crippen LogP contribution in [0.25, 0.3) is 0 Å². The van der Waals surface area contributed by atoms with Crippen LogP contribution in [0.15, 0.2) is 24.3 Å². The maximum absolute atomic E-state index is 12.7. The van der Waals surface area contributed by atoms with Crippen molar-refractivity contribution in [2.75, 3.05) is 11.9 Å². The van der Waals surface area contributed by atoms with Gasteiger partial charge in [0.2, 0.25) is 11.8 Å². The van der Waals surface area contributed by atoms with E-state index in [9.17, 15) is 14.0 Å². The third kappa shape index (κ3) is 5.82. The minimum Gasteiger partial charge on any atom is -0.356 e. The summed E-state index contributed by atoms with van der Waals surface area (Å²) in [7, 11) is 0. The van der Waals surface area contributed by atoms with Gasteiger partial charge < -0.3 is 10.6 Å². The van der Waals surface area contributed by atoms with Gasteiger partial charge >= 0.3 is 0 Å². The molecule has 20 heavy (non-hydrogen) atoms. The van der Waals surface area contributed by atoms with E-state index in [0.29, 0.717) is 25.1 Å². The molecule has 5 heteroatoms. The van der Waals surface area contributed by atoms with E-state index in [1.807, 2.05) is 20.8 Å². The van der Waals surface area contributed by atoms with Gasteiger partial charge in [0.15, 0.2) is 0 Å². The maximum atomic E-state index is 12.7. The molecular formula is C15H21FN2O2. The number of nitrogens with one attached hydrogen (secondary N) is 2. The number of benzene rings is 1. The summed E-state index contributed by atoms with van der Waals surface area (Å²) in [6, 6.07) is 5.60. The van der Waals surface area contributed by atoms with Gasteiger partial charge in [-0.1, -0.05) is 20.8 Å². The molecule has 0 saturated carbocycles. The number of rotatable bonds is 5. The first-order valence-corrected chi connectivity index (χ1v) is 6.63. The molecule has 0 aliphatic carbocycles. The minimum absolute atomic E-state index is 0.0311. The van der Waals surface area contributed by atoms with Gasteiger partial charge in [-0.25, -0.2) is 4.39 Å². The van der Waals surface area contributed by atoms with Crippen molar-refractivity contribution >= 4 is 17.5 Å². The lowest BCUT2D eigenvalue weighted by Gasteiger charge is -2.17. The monoisotopic (exact) mass is 280 g/mol. The molecule has 0 radical (unpaired) electrons. The van der Waals surface area contributed by atoms with E-state index in [0.717, 1.165) is 0 Å². The quantitative estimate of drug-likeness (QED) is 0.815. The van der Waals surface area contributed by atoms with Crippen LogP contribution >= 0.6 is 0 Å². The van der Waals surface area contributed by atoms with Gasteiger partial charge in [0.25, 0.3) is 0 Å². The van der Waals surface area contributed by atoms with Crippen molar-refractivity contribution in [3.05, 3.63) is 30.1 Å². The van der Waals surface area contributed by atoms with Crippen LogP contribution in [-0.2, 0) is 9.59 Å². The Bertz CT molecular complexity index is 464. The summed E-state index contributed by atoms with van der Waals surface area (Å²) in [5, 5.41) is 5.45. The number of anilines is 1. The van der Waals surface area contributed by atoms with Gasteiger partial charge in [-0.3, -0.25) is 9.59 Å². The van der Waals surface area contributed by atoms with E-state index in [4.69, 9.17) is 0 Å². The van der Waals surface area contributed by atoms with Crippen molar-refractivity contribution < 1.29 is 14.0 Å². The second-order valence-electron chi connectivity index (χ2n) is 5.66. The molecule has 110 valence electrons. The predicted molar refractivity (Wildman–Crippen MR) is 76.7 cm³/mol. The largest absolute Gasteiger partial charge is 0.356 e. The van der Waals surface area contributed by atoms with E-state index in [1.54, 1.807) is 0 Å². The molecular weight excluding hydrogens is 259 g/mol. The highest BCUT2D eigenvalue weighted by atomic mass is 19.1. The first-order valence-electron chi connectivity index (χ1n) is 6.63. The van der Waals surface area contributed by atoms with Crippen molar-refractivity contribution in [3.63, 3.8) is 0 Å². The van der Waals surface area contributed by atoms with Gasteiger partial charge in [-0.05, 0) is 30.7 Å². The Labute approximate surface area is 118 Å². The third-order valence-electron chi connectivity index (χ3n) is 2.68. The smallest absolute Gasteiger partial charge is 0.225 e. The fraction of sp³-hybridized carbons (Fsp3) is 0.467. The van der Waals surface area contributed by atoms with E-state index in [1.165, 1.54) is 24.3 Å². The van der Waals surface area contributed by atoms with Crippen LogP contribution in [-0.4, -0.2) is 18.4 Å². The average molecular weight is 280 g/mol. The highest BCUT2D eigenvalue weighted by Gasteiger charge is 2.20. The predicted octanol–water partition coefficient (Wildman–Crippen LogP) is 2.71. The zero-order chi connectivity index (χ0) is 15.2. The van der Waals surface area contributed by atoms with Gasteiger partial charge in [-0.2, -0.15) is 0 Å². The van der Waals surface area contributed by atoms with Gasteiger partial charge in [0.1, 0.15) is 5.82 Å². The van der Waals surface area contributed by atoms with Gasteiger partial charge in [0, 0.05) is 24.1 Å². The summed E-state index contributed by atoms with van der Waals surface area (Å²) in [4.78, 5) is 23.2. The molecule has 2 N–H and O–H groups in total. The number of carbonyl (C=O) groups is 2. The van der Waals surface area contributed by atoms with Crippen molar-refractivity contribution in [3.8, 4) is 0 Å². The number of hydrogen-bond acceptors (Lipinski definition) is 2. The fourth-order valence-electron chi connectivity index (χ4n) is 1.47. The molecule has 1 aromatic carbocycles. The van der Waals surface area contributed by atoms with Crippen molar-refractivity contribution in [2.24, 2.45) is 5.41 Å². The molecule has 0 unspecified atom stereocenters. The Kier molecular flexibility index (Phi) is 5.67. The molecule has 0 fully saturated rings. The Hall–Kier alpha value is -1.91. The Balaban J connectivity index is 2.24. The fourth-order valence-corrected chi connectivity index (χ4v) is 1.47. The SMILES string of the molecule is CC(C)(C)C(=O)NCCCC(=O)Nc1ccc(F)cc1. The van der Waals surface area contributed by atoms with E-state index in [-0.39, 0.29) is 17.6 Å². The van der Waals surface area contributed by atoms with Crippen LogP contribution in [0.5, 0.6) is 0 Å². The molecule has 0 atom stereocenters. The Morgan fingerprint density at radius 2 is 1.75 bits per heavy atom. The zero-order valence-electron chi connectivity index (χ0n) is 12.1. The summed E-state index contributed by atoms with van der Waals surface area (Å²) in [6.07, 6.45) is 0.872. The average Bonchev–Trinajstić information content (AvgIpc) is 2.36. The van der Waals surface area contributed by atoms with Crippen LogP contribution < -0.4 is 10.6 Å². The highest BCUT2D eigenvalue weighted by Crippen LogP contribution is 2.12.